The van der Waals surface area contributed by atoms with Gasteiger partial charge >= 0.3 is 0 Å². The van der Waals surface area contributed by atoms with Crippen molar-refractivity contribution in [1.82, 2.24) is 0 Å². The molecule has 0 spiro atoms. The van der Waals surface area contributed by atoms with Gasteiger partial charge in [0.2, 0.25) is 0 Å². The van der Waals surface area contributed by atoms with E-state index in [4.69, 9.17) is 16.7 Å². The van der Waals surface area contributed by atoms with Gasteiger partial charge < -0.3 is 5.11 Å². The minimum Gasteiger partial charge on any atom is -0.511 e. The van der Waals surface area contributed by atoms with Crippen molar-refractivity contribution in [2.75, 3.05) is 0 Å². The molecule has 0 aliphatic rings. The Kier molecular flexibility index (Phi) is 3.37. The summed E-state index contributed by atoms with van der Waals surface area (Å²) in [5.74, 6) is 0.196. The third-order valence-corrected chi connectivity index (χ3v) is 1.16. The maximum atomic E-state index is 8.80. The molecule has 1 nitrogen and oxygen atoms in total. The van der Waals surface area contributed by atoms with Crippen LogP contribution in [0.15, 0.2) is 23.4 Å². The largest absolute Gasteiger partial charge is 0.511 e. The molecular weight excluding hydrogens is 124 g/mol. The second kappa shape index (κ2) is 3.56. The van der Waals surface area contributed by atoms with E-state index in [2.05, 4.69) is 6.58 Å². The van der Waals surface area contributed by atoms with Crippen LogP contribution in [-0.4, -0.2) is 5.11 Å². The molecule has 0 atom stereocenters. The molecule has 0 saturated carbocycles. The molecule has 1 N–H and O–H groups in total. The molecule has 8 heavy (non-hydrogen) atoms. The highest BCUT2D eigenvalue weighted by atomic mass is 35.5. The highest BCUT2D eigenvalue weighted by molar-refractivity contribution is 6.31. The zero-order valence-corrected chi connectivity index (χ0v) is 5.57. The zero-order chi connectivity index (χ0) is 6.57. The summed E-state index contributed by atoms with van der Waals surface area (Å²) < 4.78 is 0. The standard InChI is InChI=1S/C6H9ClO/c1-3-5(7)6(8)4-2/h3,8H,1,4H2,2H3/b6-5-. The number of hydrogen-bond acceptors (Lipinski definition) is 1. The third kappa shape index (κ3) is 2.03. The molecule has 0 unspecified atom stereocenters. The lowest BCUT2D eigenvalue weighted by atomic mass is 10.3. The van der Waals surface area contributed by atoms with Gasteiger partial charge in [-0.2, -0.15) is 0 Å². The molecule has 46 valence electrons. The Balaban J connectivity index is 4.03. The number of aliphatic hydroxyl groups is 1. The zero-order valence-electron chi connectivity index (χ0n) is 4.82. The van der Waals surface area contributed by atoms with E-state index in [0.29, 0.717) is 11.5 Å². The first-order valence-electron chi connectivity index (χ1n) is 2.42. The average Bonchev–Trinajstić information content (AvgIpc) is 1.84. The van der Waals surface area contributed by atoms with Gasteiger partial charge in [0, 0.05) is 6.42 Å². The van der Waals surface area contributed by atoms with Crippen LogP contribution in [0.2, 0.25) is 0 Å². The Morgan fingerprint density at radius 1 is 1.88 bits per heavy atom. The SMILES string of the molecule is C=C/C(Cl)=C(/O)CC. The number of rotatable bonds is 2. The summed E-state index contributed by atoms with van der Waals surface area (Å²) in [5, 5.41) is 9.14. The van der Waals surface area contributed by atoms with Crippen LogP contribution in [0.4, 0.5) is 0 Å². The van der Waals surface area contributed by atoms with Crippen LogP contribution in [0.3, 0.4) is 0 Å². The van der Waals surface area contributed by atoms with E-state index in [1.54, 1.807) is 0 Å². The molecule has 0 aromatic rings. The number of halogens is 1. The van der Waals surface area contributed by atoms with Crippen molar-refractivity contribution in [3.8, 4) is 0 Å². The molecule has 0 saturated heterocycles. The second-order valence-corrected chi connectivity index (χ2v) is 1.76. The molecule has 0 amide bonds. The fourth-order valence-electron chi connectivity index (χ4n) is 0.287. The van der Waals surface area contributed by atoms with Crippen molar-refractivity contribution in [2.24, 2.45) is 0 Å². The van der Waals surface area contributed by atoms with Crippen molar-refractivity contribution in [1.29, 1.82) is 0 Å². The van der Waals surface area contributed by atoms with Crippen LogP contribution in [0.5, 0.6) is 0 Å². The highest BCUT2D eigenvalue weighted by Crippen LogP contribution is 2.09. The van der Waals surface area contributed by atoms with Gasteiger partial charge in [0.15, 0.2) is 0 Å². The first kappa shape index (κ1) is 7.57. The minimum absolute atomic E-state index is 0.196. The van der Waals surface area contributed by atoms with Gasteiger partial charge in [0.25, 0.3) is 0 Å². The van der Waals surface area contributed by atoms with Gasteiger partial charge in [-0.05, 0) is 6.08 Å². The van der Waals surface area contributed by atoms with E-state index >= 15 is 0 Å². The predicted molar refractivity (Wildman–Crippen MR) is 36.0 cm³/mol. The molecule has 0 aromatic heterocycles. The number of aliphatic hydroxyl groups excluding tert-OH is 1. The van der Waals surface area contributed by atoms with E-state index < -0.39 is 0 Å². The summed E-state index contributed by atoms with van der Waals surface area (Å²) in [5.41, 5.74) is 0. The van der Waals surface area contributed by atoms with Gasteiger partial charge in [-0.25, -0.2) is 0 Å². The summed E-state index contributed by atoms with van der Waals surface area (Å²) in [4.78, 5) is 0. The normalized spacial score (nSPS) is 12.8. The maximum Gasteiger partial charge on any atom is 0.110 e. The second-order valence-electron chi connectivity index (χ2n) is 1.35. The van der Waals surface area contributed by atoms with Gasteiger partial charge in [-0.15, -0.1) is 0 Å². The van der Waals surface area contributed by atoms with Crippen LogP contribution in [-0.2, 0) is 0 Å². The Morgan fingerprint density at radius 3 is 2.50 bits per heavy atom. The minimum atomic E-state index is 0.196. The fourth-order valence-corrected chi connectivity index (χ4v) is 0.420. The van der Waals surface area contributed by atoms with Crippen LogP contribution < -0.4 is 0 Å². The van der Waals surface area contributed by atoms with Crippen molar-refractivity contribution < 1.29 is 5.11 Å². The lowest BCUT2D eigenvalue weighted by Gasteiger charge is -1.92. The fraction of sp³-hybridized carbons (Fsp3) is 0.333. The predicted octanol–water partition coefficient (Wildman–Crippen LogP) is 2.59. The molecule has 2 heteroatoms. The molecule has 0 aromatic carbocycles. The van der Waals surface area contributed by atoms with E-state index in [1.807, 2.05) is 6.92 Å². The molecule has 0 aliphatic carbocycles. The van der Waals surface area contributed by atoms with Gasteiger partial charge in [0.05, 0.1) is 5.03 Å². The van der Waals surface area contributed by atoms with E-state index in [9.17, 15) is 0 Å². The summed E-state index contributed by atoms with van der Waals surface area (Å²) >= 11 is 5.43. The van der Waals surface area contributed by atoms with Gasteiger partial charge in [-0.1, -0.05) is 25.1 Å². The van der Waals surface area contributed by atoms with Crippen molar-refractivity contribution in [3.05, 3.63) is 23.4 Å². The van der Waals surface area contributed by atoms with Gasteiger partial charge in [-0.3, -0.25) is 0 Å². The number of hydrogen-bond donors (Lipinski definition) is 1. The van der Waals surface area contributed by atoms with Crippen LogP contribution in [0, 0.1) is 0 Å². The van der Waals surface area contributed by atoms with Crippen LogP contribution in [0.1, 0.15) is 13.3 Å². The molecular formula is C6H9ClO. The highest BCUT2D eigenvalue weighted by Gasteiger charge is 1.91. The monoisotopic (exact) mass is 132 g/mol. The Hall–Kier alpha value is -0.430. The Labute approximate surface area is 54.3 Å². The van der Waals surface area contributed by atoms with Crippen molar-refractivity contribution >= 4 is 11.6 Å². The van der Waals surface area contributed by atoms with E-state index in [-0.39, 0.29) is 5.76 Å². The molecule has 0 rings (SSSR count). The summed E-state index contributed by atoms with van der Waals surface area (Å²) in [6.07, 6.45) is 1.98. The van der Waals surface area contributed by atoms with E-state index in [1.165, 1.54) is 6.08 Å². The first-order chi connectivity index (χ1) is 3.72. The lowest BCUT2D eigenvalue weighted by Crippen LogP contribution is -1.77. The topological polar surface area (TPSA) is 20.2 Å². The van der Waals surface area contributed by atoms with Crippen LogP contribution in [0.25, 0.3) is 0 Å². The summed E-state index contributed by atoms with van der Waals surface area (Å²) in [6, 6.07) is 0. The lowest BCUT2D eigenvalue weighted by molar-refractivity contribution is 0.393. The molecule has 0 radical (unpaired) electrons. The average molecular weight is 133 g/mol. The maximum absolute atomic E-state index is 8.80. The molecule has 0 heterocycles. The van der Waals surface area contributed by atoms with E-state index in [0.717, 1.165) is 0 Å². The summed E-state index contributed by atoms with van der Waals surface area (Å²) in [6.45, 7) is 5.20. The van der Waals surface area contributed by atoms with Crippen molar-refractivity contribution in [3.63, 3.8) is 0 Å². The molecule has 0 fully saturated rings. The quantitative estimate of drug-likeness (QED) is 0.452. The van der Waals surface area contributed by atoms with Gasteiger partial charge in [0.1, 0.15) is 5.76 Å². The third-order valence-electron chi connectivity index (χ3n) is 0.790. The Morgan fingerprint density at radius 2 is 2.38 bits per heavy atom. The summed E-state index contributed by atoms with van der Waals surface area (Å²) in [7, 11) is 0. The number of allylic oxidation sites excluding steroid dienone is 3. The molecule has 0 bridgehead atoms. The first-order valence-corrected chi connectivity index (χ1v) is 2.80. The molecule has 0 aliphatic heterocycles. The van der Waals surface area contributed by atoms with Crippen molar-refractivity contribution in [2.45, 2.75) is 13.3 Å². The van der Waals surface area contributed by atoms with Crippen LogP contribution >= 0.6 is 11.6 Å². The smallest absolute Gasteiger partial charge is 0.110 e. The Bertz CT molecular complexity index is 116.